The van der Waals surface area contributed by atoms with Gasteiger partial charge in [-0.05, 0) is 43.4 Å². The molecule has 0 spiro atoms. The molecule has 0 atom stereocenters. The number of likely N-dealkylation sites (tertiary alicyclic amines) is 1. The summed E-state index contributed by atoms with van der Waals surface area (Å²) in [4.78, 5) is 30.5. The summed E-state index contributed by atoms with van der Waals surface area (Å²) in [5, 5.41) is 5.91. The fourth-order valence-electron chi connectivity index (χ4n) is 3.29. The highest BCUT2D eigenvalue weighted by molar-refractivity contribution is 5.94. The van der Waals surface area contributed by atoms with E-state index in [9.17, 15) is 9.59 Å². The predicted molar refractivity (Wildman–Crippen MR) is 112 cm³/mol. The molecule has 1 aliphatic heterocycles. The summed E-state index contributed by atoms with van der Waals surface area (Å²) in [5.74, 6) is 0.907. The maximum Gasteiger partial charge on any atom is 0.410 e. The molecular weight excluding hydrogens is 368 g/mol. The van der Waals surface area contributed by atoms with Crippen molar-refractivity contribution in [2.75, 3.05) is 32.0 Å². The van der Waals surface area contributed by atoms with E-state index in [1.807, 2.05) is 31.2 Å². The van der Waals surface area contributed by atoms with E-state index in [-0.39, 0.29) is 18.6 Å². The molecule has 1 aromatic carbocycles. The van der Waals surface area contributed by atoms with Crippen molar-refractivity contribution in [1.29, 1.82) is 0 Å². The van der Waals surface area contributed by atoms with Crippen molar-refractivity contribution in [3.8, 4) is 0 Å². The van der Waals surface area contributed by atoms with Gasteiger partial charge < -0.3 is 20.3 Å². The molecule has 7 nitrogen and oxygen atoms in total. The lowest BCUT2D eigenvalue weighted by Crippen LogP contribution is -2.41. The van der Waals surface area contributed by atoms with Crippen LogP contribution >= 0.6 is 0 Å². The number of carbonyl (C=O) groups is 2. The summed E-state index contributed by atoms with van der Waals surface area (Å²) in [7, 11) is 1.77. The number of ether oxygens (including phenoxy) is 1. The van der Waals surface area contributed by atoms with Gasteiger partial charge in [0.2, 0.25) is 0 Å². The Balaban J connectivity index is 1.38. The Morgan fingerprint density at radius 1 is 1.17 bits per heavy atom. The molecule has 29 heavy (non-hydrogen) atoms. The molecule has 0 saturated carbocycles. The van der Waals surface area contributed by atoms with Gasteiger partial charge in [0.15, 0.2) is 0 Å². The third kappa shape index (κ3) is 5.94. The average molecular weight is 396 g/mol. The van der Waals surface area contributed by atoms with E-state index < -0.39 is 0 Å². The molecule has 0 unspecified atom stereocenters. The second kappa shape index (κ2) is 9.91. The van der Waals surface area contributed by atoms with E-state index in [1.165, 1.54) is 5.56 Å². The first kappa shape index (κ1) is 20.6. The summed E-state index contributed by atoms with van der Waals surface area (Å²) < 4.78 is 5.43. The van der Waals surface area contributed by atoms with Crippen LogP contribution in [0.25, 0.3) is 0 Å². The Hall–Kier alpha value is -3.09. The lowest BCUT2D eigenvalue weighted by atomic mass is 9.97. The monoisotopic (exact) mass is 396 g/mol. The van der Waals surface area contributed by atoms with E-state index >= 15 is 0 Å². The number of hydrogen-bond acceptors (Lipinski definition) is 5. The molecule has 2 N–H and O–H groups in total. The molecular formula is C22H28N4O3. The Kier molecular flexibility index (Phi) is 7.05. The van der Waals surface area contributed by atoms with Crippen LogP contribution in [0.15, 0.2) is 42.6 Å². The highest BCUT2D eigenvalue weighted by atomic mass is 16.6. The standard InChI is InChI=1S/C22H28N4O3/c1-16-3-5-18(6-4-16)15-29-22(28)26-11-8-17(9-12-26)14-25-21(27)19-7-10-24-20(13-19)23-2/h3-7,10,13,17H,8-9,11-12,14-15H2,1-2H3,(H,23,24)(H,25,27). The van der Waals surface area contributed by atoms with Crippen molar-refractivity contribution >= 4 is 17.8 Å². The smallest absolute Gasteiger partial charge is 0.410 e. The topological polar surface area (TPSA) is 83.6 Å². The SMILES string of the molecule is CNc1cc(C(=O)NCC2CCN(C(=O)OCc3ccc(C)cc3)CC2)ccn1. The van der Waals surface area contributed by atoms with E-state index in [4.69, 9.17) is 4.74 Å². The van der Waals surface area contributed by atoms with Gasteiger partial charge in [0, 0.05) is 38.4 Å². The first-order valence-corrected chi connectivity index (χ1v) is 9.94. The minimum absolute atomic E-state index is 0.108. The van der Waals surface area contributed by atoms with Gasteiger partial charge in [0.25, 0.3) is 5.91 Å². The van der Waals surface area contributed by atoms with Crippen LogP contribution in [0.3, 0.4) is 0 Å². The molecule has 7 heteroatoms. The number of aromatic nitrogens is 1. The van der Waals surface area contributed by atoms with Crippen LogP contribution in [-0.4, -0.2) is 48.6 Å². The predicted octanol–water partition coefficient (Wildman–Crippen LogP) is 3.21. The molecule has 0 aliphatic carbocycles. The number of anilines is 1. The number of nitrogens with one attached hydrogen (secondary N) is 2. The van der Waals surface area contributed by atoms with Crippen LogP contribution in [0.5, 0.6) is 0 Å². The molecule has 2 heterocycles. The lowest BCUT2D eigenvalue weighted by Gasteiger charge is -2.31. The third-order valence-corrected chi connectivity index (χ3v) is 5.19. The Morgan fingerprint density at radius 2 is 1.90 bits per heavy atom. The number of amides is 2. The van der Waals surface area contributed by atoms with Gasteiger partial charge in [-0.2, -0.15) is 0 Å². The second-order valence-corrected chi connectivity index (χ2v) is 7.36. The Morgan fingerprint density at radius 3 is 2.59 bits per heavy atom. The minimum Gasteiger partial charge on any atom is -0.445 e. The molecule has 2 aromatic rings. The number of aryl methyl sites for hydroxylation is 1. The number of carbonyl (C=O) groups excluding carboxylic acids is 2. The van der Waals surface area contributed by atoms with E-state index in [0.29, 0.717) is 36.9 Å². The van der Waals surface area contributed by atoms with Gasteiger partial charge in [-0.25, -0.2) is 9.78 Å². The maximum absolute atomic E-state index is 12.3. The first-order chi connectivity index (χ1) is 14.0. The first-order valence-electron chi connectivity index (χ1n) is 9.94. The van der Waals surface area contributed by atoms with Crippen LogP contribution < -0.4 is 10.6 Å². The van der Waals surface area contributed by atoms with Crippen molar-refractivity contribution in [3.05, 3.63) is 59.3 Å². The van der Waals surface area contributed by atoms with Crippen LogP contribution in [-0.2, 0) is 11.3 Å². The number of pyridine rings is 1. The number of benzene rings is 1. The largest absolute Gasteiger partial charge is 0.445 e. The van der Waals surface area contributed by atoms with Crippen LogP contribution in [0.1, 0.15) is 34.3 Å². The molecule has 1 aliphatic rings. The zero-order valence-electron chi connectivity index (χ0n) is 17.0. The van der Waals surface area contributed by atoms with Crippen LogP contribution in [0.2, 0.25) is 0 Å². The zero-order chi connectivity index (χ0) is 20.6. The highest BCUT2D eigenvalue weighted by Crippen LogP contribution is 2.18. The fourth-order valence-corrected chi connectivity index (χ4v) is 3.29. The summed E-state index contributed by atoms with van der Waals surface area (Å²) in [6, 6.07) is 11.4. The van der Waals surface area contributed by atoms with Crippen molar-refractivity contribution in [3.63, 3.8) is 0 Å². The summed E-state index contributed by atoms with van der Waals surface area (Å²) >= 11 is 0. The Bertz CT molecular complexity index is 830. The summed E-state index contributed by atoms with van der Waals surface area (Å²) in [6.07, 6.45) is 3.03. The second-order valence-electron chi connectivity index (χ2n) is 7.36. The molecule has 154 valence electrons. The Labute approximate surface area is 171 Å². The number of piperidine rings is 1. The van der Waals surface area contributed by atoms with Crippen molar-refractivity contribution in [1.82, 2.24) is 15.2 Å². The van der Waals surface area contributed by atoms with E-state index in [0.717, 1.165) is 18.4 Å². The van der Waals surface area contributed by atoms with Crippen molar-refractivity contribution < 1.29 is 14.3 Å². The fraction of sp³-hybridized carbons (Fsp3) is 0.409. The minimum atomic E-state index is -0.274. The summed E-state index contributed by atoms with van der Waals surface area (Å²) in [6.45, 7) is 4.20. The van der Waals surface area contributed by atoms with Gasteiger partial charge in [-0.3, -0.25) is 4.79 Å². The quantitative estimate of drug-likeness (QED) is 0.783. The normalized spacial score (nSPS) is 14.3. The van der Waals surface area contributed by atoms with Crippen molar-refractivity contribution in [2.45, 2.75) is 26.4 Å². The molecule has 1 aromatic heterocycles. The van der Waals surface area contributed by atoms with Crippen molar-refractivity contribution in [2.24, 2.45) is 5.92 Å². The summed E-state index contributed by atoms with van der Waals surface area (Å²) in [5.41, 5.74) is 2.75. The van der Waals surface area contributed by atoms with Gasteiger partial charge in [0.05, 0.1) is 0 Å². The molecule has 0 bridgehead atoms. The molecule has 1 fully saturated rings. The van der Waals surface area contributed by atoms with Gasteiger partial charge >= 0.3 is 6.09 Å². The van der Waals surface area contributed by atoms with Gasteiger partial charge in [-0.1, -0.05) is 29.8 Å². The maximum atomic E-state index is 12.3. The molecule has 1 saturated heterocycles. The number of hydrogen-bond donors (Lipinski definition) is 2. The number of rotatable bonds is 6. The molecule has 3 rings (SSSR count). The van der Waals surface area contributed by atoms with Crippen LogP contribution in [0.4, 0.5) is 10.6 Å². The third-order valence-electron chi connectivity index (χ3n) is 5.19. The highest BCUT2D eigenvalue weighted by Gasteiger charge is 2.24. The lowest BCUT2D eigenvalue weighted by molar-refractivity contribution is 0.0801. The van der Waals surface area contributed by atoms with Gasteiger partial charge in [-0.15, -0.1) is 0 Å². The molecule has 2 amide bonds. The zero-order valence-corrected chi connectivity index (χ0v) is 17.0. The van der Waals surface area contributed by atoms with E-state index in [2.05, 4.69) is 15.6 Å². The molecule has 0 radical (unpaired) electrons. The van der Waals surface area contributed by atoms with Gasteiger partial charge in [0.1, 0.15) is 12.4 Å². The van der Waals surface area contributed by atoms with E-state index in [1.54, 1.807) is 30.3 Å². The average Bonchev–Trinajstić information content (AvgIpc) is 2.77. The number of nitrogens with zero attached hydrogens (tertiary/aromatic N) is 2. The van der Waals surface area contributed by atoms with Crippen LogP contribution in [0, 0.1) is 12.8 Å².